The van der Waals surface area contributed by atoms with Crippen molar-refractivity contribution in [1.29, 1.82) is 5.41 Å². The third-order valence-corrected chi connectivity index (χ3v) is 0.968. The predicted octanol–water partition coefficient (Wildman–Crippen LogP) is 3.18. The second kappa shape index (κ2) is 11.0. The van der Waals surface area contributed by atoms with Gasteiger partial charge >= 0.3 is 0 Å². The Morgan fingerprint density at radius 1 is 1.50 bits per heavy atom. The summed E-state index contributed by atoms with van der Waals surface area (Å²) in [5, 5.41) is 6.69. The molecule has 0 amide bonds. The molecule has 0 atom stereocenters. The highest BCUT2D eigenvalue weighted by molar-refractivity contribution is 5.69. The second-order valence-corrected chi connectivity index (χ2v) is 1.47. The summed E-state index contributed by atoms with van der Waals surface area (Å²) < 4.78 is 0. The average molecular weight is 139 g/mol. The van der Waals surface area contributed by atoms with Crippen LogP contribution >= 0.6 is 0 Å². The lowest BCUT2D eigenvalue weighted by atomic mass is 10.2. The summed E-state index contributed by atoms with van der Waals surface area (Å²) in [7, 11) is 0. The summed E-state index contributed by atoms with van der Waals surface area (Å²) in [4.78, 5) is 0. The quantitative estimate of drug-likeness (QED) is 0.458. The summed E-state index contributed by atoms with van der Waals surface area (Å²) in [6, 6.07) is 0. The van der Waals surface area contributed by atoms with Gasteiger partial charge < -0.3 is 5.41 Å². The molecule has 0 saturated heterocycles. The minimum Gasteiger partial charge on any atom is -0.309 e. The topological polar surface area (TPSA) is 23.9 Å². The lowest BCUT2D eigenvalue weighted by Crippen LogP contribution is -1.72. The lowest BCUT2D eigenvalue weighted by Gasteiger charge is -1.88. The fourth-order valence-corrected chi connectivity index (χ4v) is 0.437. The van der Waals surface area contributed by atoms with Crippen molar-refractivity contribution in [2.45, 2.75) is 27.2 Å². The molecule has 0 fully saturated rings. The zero-order valence-electron chi connectivity index (χ0n) is 7.15. The largest absolute Gasteiger partial charge is 0.309 e. The molecule has 0 aromatic rings. The zero-order valence-corrected chi connectivity index (χ0v) is 7.15. The van der Waals surface area contributed by atoms with Crippen LogP contribution in [0.5, 0.6) is 0 Å². The van der Waals surface area contributed by atoms with E-state index in [1.54, 1.807) is 12.2 Å². The standard InChI is InChI=1S/C7H11N.C2H6/c1-3-7(4-2)5-6-8;1-2/h3,5-6,8H,1,4H2,2H3;1-2H3/b7-5+,8-6?;. The van der Waals surface area contributed by atoms with Gasteiger partial charge in [-0.3, -0.25) is 0 Å². The number of hydrogen-bond acceptors (Lipinski definition) is 1. The Labute approximate surface area is 64.0 Å². The van der Waals surface area contributed by atoms with Gasteiger partial charge in [0.25, 0.3) is 0 Å². The molecule has 0 aromatic carbocycles. The highest BCUT2D eigenvalue weighted by Gasteiger charge is 1.79. The predicted molar refractivity (Wildman–Crippen MR) is 48.7 cm³/mol. The van der Waals surface area contributed by atoms with Crippen molar-refractivity contribution < 1.29 is 0 Å². The maximum atomic E-state index is 6.69. The minimum atomic E-state index is 0.957. The monoisotopic (exact) mass is 139 g/mol. The third kappa shape index (κ3) is 7.15. The van der Waals surface area contributed by atoms with E-state index in [9.17, 15) is 0 Å². The first-order chi connectivity index (χ1) is 4.85. The highest BCUT2D eigenvalue weighted by Crippen LogP contribution is 1.97. The van der Waals surface area contributed by atoms with Gasteiger partial charge in [-0.05, 0) is 18.1 Å². The molecular weight excluding hydrogens is 122 g/mol. The smallest absolute Gasteiger partial charge is 0.0180 e. The molecule has 0 unspecified atom stereocenters. The van der Waals surface area contributed by atoms with Crippen LogP contribution in [0.25, 0.3) is 0 Å². The lowest BCUT2D eigenvalue weighted by molar-refractivity contribution is 1.15. The van der Waals surface area contributed by atoms with E-state index in [-0.39, 0.29) is 0 Å². The van der Waals surface area contributed by atoms with Gasteiger partial charge in [0.15, 0.2) is 0 Å². The molecule has 1 N–H and O–H groups in total. The van der Waals surface area contributed by atoms with Crippen molar-refractivity contribution in [3.8, 4) is 0 Å². The molecule has 1 nitrogen and oxygen atoms in total. The van der Waals surface area contributed by atoms with Crippen LogP contribution in [0.2, 0.25) is 0 Å². The SMILES string of the molecule is C=C/C(=C\C=N)CC.CC. The summed E-state index contributed by atoms with van der Waals surface area (Å²) in [6.45, 7) is 9.62. The Morgan fingerprint density at radius 3 is 2.10 bits per heavy atom. The van der Waals surface area contributed by atoms with Crippen molar-refractivity contribution in [2.75, 3.05) is 0 Å². The maximum absolute atomic E-state index is 6.69. The maximum Gasteiger partial charge on any atom is 0.0180 e. The molecule has 10 heavy (non-hydrogen) atoms. The third-order valence-electron chi connectivity index (χ3n) is 0.968. The van der Waals surface area contributed by atoms with Crippen LogP contribution in [0, 0.1) is 5.41 Å². The van der Waals surface area contributed by atoms with E-state index in [1.165, 1.54) is 6.21 Å². The Hall–Kier alpha value is -0.850. The first-order valence-corrected chi connectivity index (χ1v) is 3.67. The average Bonchev–Trinajstić information content (AvgIpc) is 2.04. The fraction of sp³-hybridized carbons (Fsp3) is 0.444. The van der Waals surface area contributed by atoms with E-state index in [2.05, 4.69) is 6.58 Å². The van der Waals surface area contributed by atoms with Gasteiger partial charge in [0.2, 0.25) is 0 Å². The normalized spacial score (nSPS) is 9.30. The molecule has 0 aliphatic rings. The van der Waals surface area contributed by atoms with E-state index in [0.29, 0.717) is 0 Å². The van der Waals surface area contributed by atoms with Crippen LogP contribution in [0.1, 0.15) is 27.2 Å². The van der Waals surface area contributed by atoms with Crippen LogP contribution in [0.4, 0.5) is 0 Å². The summed E-state index contributed by atoms with van der Waals surface area (Å²) in [5.74, 6) is 0. The van der Waals surface area contributed by atoms with E-state index < -0.39 is 0 Å². The Morgan fingerprint density at radius 2 is 2.00 bits per heavy atom. The molecule has 0 rings (SSSR count). The van der Waals surface area contributed by atoms with Gasteiger partial charge in [-0.1, -0.05) is 33.4 Å². The van der Waals surface area contributed by atoms with Crippen molar-refractivity contribution in [2.24, 2.45) is 0 Å². The summed E-state index contributed by atoms with van der Waals surface area (Å²) in [6.07, 6.45) is 5.75. The number of hydrogen-bond donors (Lipinski definition) is 1. The van der Waals surface area contributed by atoms with Gasteiger partial charge in [0, 0.05) is 6.21 Å². The number of allylic oxidation sites excluding steroid dienone is 3. The van der Waals surface area contributed by atoms with Crippen LogP contribution in [-0.2, 0) is 0 Å². The fourth-order valence-electron chi connectivity index (χ4n) is 0.437. The first kappa shape index (κ1) is 11.9. The van der Waals surface area contributed by atoms with Crippen LogP contribution in [0.15, 0.2) is 24.3 Å². The number of rotatable bonds is 3. The van der Waals surface area contributed by atoms with Crippen LogP contribution in [0.3, 0.4) is 0 Å². The molecule has 0 radical (unpaired) electrons. The van der Waals surface area contributed by atoms with E-state index in [1.807, 2.05) is 20.8 Å². The Kier molecular flexibility index (Phi) is 13.1. The number of nitrogens with one attached hydrogen (secondary N) is 1. The summed E-state index contributed by atoms with van der Waals surface area (Å²) in [5.41, 5.74) is 1.11. The van der Waals surface area contributed by atoms with Crippen molar-refractivity contribution >= 4 is 6.21 Å². The Bertz CT molecular complexity index is 112. The molecule has 0 spiro atoms. The van der Waals surface area contributed by atoms with Gasteiger partial charge in [-0.2, -0.15) is 0 Å². The second-order valence-electron chi connectivity index (χ2n) is 1.47. The molecular formula is C9H17N. The molecule has 0 saturated carbocycles. The first-order valence-electron chi connectivity index (χ1n) is 3.67. The van der Waals surface area contributed by atoms with E-state index in [0.717, 1.165) is 12.0 Å². The molecule has 0 bridgehead atoms. The van der Waals surface area contributed by atoms with Crippen molar-refractivity contribution in [1.82, 2.24) is 0 Å². The van der Waals surface area contributed by atoms with Crippen molar-refractivity contribution in [3.63, 3.8) is 0 Å². The minimum absolute atomic E-state index is 0.957. The Balaban J connectivity index is 0. The van der Waals surface area contributed by atoms with E-state index >= 15 is 0 Å². The van der Waals surface area contributed by atoms with Crippen LogP contribution in [-0.4, -0.2) is 6.21 Å². The van der Waals surface area contributed by atoms with Gasteiger partial charge in [0.05, 0.1) is 0 Å². The van der Waals surface area contributed by atoms with Crippen LogP contribution < -0.4 is 0 Å². The molecule has 0 heterocycles. The van der Waals surface area contributed by atoms with E-state index in [4.69, 9.17) is 5.41 Å². The van der Waals surface area contributed by atoms with Gasteiger partial charge in [0.1, 0.15) is 0 Å². The van der Waals surface area contributed by atoms with Gasteiger partial charge in [-0.25, -0.2) is 0 Å². The molecule has 0 aliphatic heterocycles. The van der Waals surface area contributed by atoms with Gasteiger partial charge in [-0.15, -0.1) is 0 Å². The molecule has 1 heteroatoms. The summed E-state index contributed by atoms with van der Waals surface area (Å²) >= 11 is 0. The molecule has 0 aromatic heterocycles. The highest BCUT2D eigenvalue weighted by atomic mass is 14.3. The zero-order chi connectivity index (χ0) is 8.41. The molecule has 58 valence electrons. The molecule has 0 aliphatic carbocycles. The van der Waals surface area contributed by atoms with Crippen molar-refractivity contribution in [3.05, 3.63) is 24.3 Å².